The van der Waals surface area contributed by atoms with Gasteiger partial charge in [-0.3, -0.25) is 4.79 Å². The summed E-state index contributed by atoms with van der Waals surface area (Å²) in [5.41, 5.74) is 6.45. The number of benzene rings is 3. The molecule has 1 amide bonds. The number of rotatable bonds is 8. The van der Waals surface area contributed by atoms with Crippen LogP contribution in [0, 0.1) is 13.8 Å². The zero-order valence-corrected chi connectivity index (χ0v) is 21.7. The molecule has 0 saturated carbocycles. The average Bonchev–Trinajstić information content (AvgIpc) is 3.26. The number of esters is 1. The smallest absolute Gasteiger partial charge is 0.407 e. The fourth-order valence-corrected chi connectivity index (χ4v) is 5.09. The van der Waals surface area contributed by atoms with E-state index in [0.717, 1.165) is 44.9 Å². The summed E-state index contributed by atoms with van der Waals surface area (Å²) >= 11 is 0. The summed E-state index contributed by atoms with van der Waals surface area (Å²) in [6.07, 6.45) is -0.725. The second-order valence-electron chi connectivity index (χ2n) is 9.84. The number of likely N-dealkylation sites (tertiary alicyclic amines) is 1. The lowest BCUT2D eigenvalue weighted by atomic mass is 9.94. The van der Waals surface area contributed by atoms with E-state index in [1.807, 2.05) is 42.5 Å². The highest BCUT2D eigenvalue weighted by atomic mass is 16.5. The largest absolute Gasteiger partial charge is 0.492 e. The normalized spacial score (nSPS) is 16.3. The van der Waals surface area contributed by atoms with Gasteiger partial charge in [0.15, 0.2) is 0 Å². The van der Waals surface area contributed by atoms with E-state index in [0.29, 0.717) is 38.5 Å². The van der Waals surface area contributed by atoms with Gasteiger partial charge in [-0.25, -0.2) is 4.79 Å². The number of carboxylic acid groups (broad SMARTS) is 1. The van der Waals surface area contributed by atoms with E-state index in [2.05, 4.69) is 26.0 Å². The summed E-state index contributed by atoms with van der Waals surface area (Å²) in [4.78, 5) is 24.0. The van der Waals surface area contributed by atoms with E-state index in [1.54, 1.807) is 0 Å². The molecule has 2 aliphatic heterocycles. The van der Waals surface area contributed by atoms with Crippen LogP contribution in [0.5, 0.6) is 17.2 Å². The van der Waals surface area contributed by atoms with Crippen molar-refractivity contribution >= 4 is 12.1 Å². The first-order valence-electron chi connectivity index (χ1n) is 12.6. The molecule has 1 saturated heterocycles. The molecule has 5 rings (SSSR count). The average molecular weight is 518 g/mol. The predicted molar refractivity (Wildman–Crippen MR) is 141 cm³/mol. The van der Waals surface area contributed by atoms with Crippen molar-refractivity contribution in [2.24, 2.45) is 0 Å². The summed E-state index contributed by atoms with van der Waals surface area (Å²) < 4.78 is 22.6. The van der Waals surface area contributed by atoms with Crippen molar-refractivity contribution in [2.45, 2.75) is 38.9 Å². The SMILES string of the molecule is COC(=O)CC1COc2cc(OCc3cccc(-c4c(C)cc(OC5CN(C(=O)O)C5)cc4C)c3)ccc21. The maximum absolute atomic E-state index is 11.7. The van der Waals surface area contributed by atoms with Crippen molar-refractivity contribution in [3.05, 3.63) is 76.9 Å². The number of carbonyl (C=O) groups excluding carboxylic acids is 1. The number of methoxy groups -OCH3 is 1. The number of carbonyl (C=O) groups is 2. The fourth-order valence-electron chi connectivity index (χ4n) is 5.09. The minimum atomic E-state index is -0.912. The van der Waals surface area contributed by atoms with Crippen LogP contribution < -0.4 is 14.2 Å². The van der Waals surface area contributed by atoms with Gasteiger partial charge < -0.3 is 29.0 Å². The molecule has 8 heteroatoms. The van der Waals surface area contributed by atoms with Gasteiger partial charge in [0.2, 0.25) is 0 Å². The van der Waals surface area contributed by atoms with Gasteiger partial charge in [0, 0.05) is 17.5 Å². The third kappa shape index (κ3) is 5.39. The molecule has 1 unspecified atom stereocenters. The first-order valence-corrected chi connectivity index (χ1v) is 12.6. The second kappa shape index (κ2) is 10.7. The zero-order chi connectivity index (χ0) is 26.8. The minimum absolute atomic E-state index is 0.000366. The highest BCUT2D eigenvalue weighted by molar-refractivity contribution is 5.73. The second-order valence-corrected chi connectivity index (χ2v) is 9.84. The third-order valence-electron chi connectivity index (χ3n) is 7.05. The van der Waals surface area contributed by atoms with Crippen molar-refractivity contribution in [2.75, 3.05) is 26.8 Å². The van der Waals surface area contributed by atoms with E-state index in [-0.39, 0.29) is 18.0 Å². The quantitative estimate of drug-likeness (QED) is 0.404. The van der Waals surface area contributed by atoms with Gasteiger partial charge in [-0.05, 0) is 65.9 Å². The highest BCUT2D eigenvalue weighted by Gasteiger charge is 2.32. The van der Waals surface area contributed by atoms with Crippen molar-refractivity contribution < 1.29 is 33.6 Å². The molecule has 0 aliphatic carbocycles. The highest BCUT2D eigenvalue weighted by Crippen LogP contribution is 2.39. The lowest BCUT2D eigenvalue weighted by Gasteiger charge is -2.37. The van der Waals surface area contributed by atoms with E-state index in [4.69, 9.17) is 24.1 Å². The Morgan fingerprint density at radius 2 is 1.79 bits per heavy atom. The number of fused-ring (bicyclic) bond motifs is 1. The van der Waals surface area contributed by atoms with Crippen LogP contribution in [0.1, 0.15) is 34.6 Å². The van der Waals surface area contributed by atoms with E-state index in [9.17, 15) is 9.59 Å². The van der Waals surface area contributed by atoms with E-state index in [1.165, 1.54) is 12.0 Å². The molecule has 8 nitrogen and oxygen atoms in total. The molecule has 0 bridgehead atoms. The molecule has 0 radical (unpaired) electrons. The Hall–Kier alpha value is -4.20. The summed E-state index contributed by atoms with van der Waals surface area (Å²) in [6, 6.07) is 18.0. The summed E-state index contributed by atoms with van der Waals surface area (Å²) in [7, 11) is 1.39. The molecular weight excluding hydrogens is 486 g/mol. The molecule has 1 atom stereocenters. The Morgan fingerprint density at radius 3 is 2.50 bits per heavy atom. The third-order valence-corrected chi connectivity index (χ3v) is 7.05. The summed E-state index contributed by atoms with van der Waals surface area (Å²) in [5.74, 6) is 1.96. The van der Waals surface area contributed by atoms with Crippen LogP contribution in [0.3, 0.4) is 0 Å². The Labute approximate surface area is 221 Å². The molecule has 0 aromatic heterocycles. The minimum Gasteiger partial charge on any atom is -0.492 e. The molecule has 3 aromatic rings. The van der Waals surface area contributed by atoms with Crippen LogP contribution in [-0.4, -0.2) is 55.0 Å². The van der Waals surface area contributed by atoms with Crippen LogP contribution >= 0.6 is 0 Å². The Morgan fingerprint density at radius 1 is 1.03 bits per heavy atom. The van der Waals surface area contributed by atoms with Crippen LogP contribution in [0.15, 0.2) is 54.6 Å². The maximum Gasteiger partial charge on any atom is 0.407 e. The first-order chi connectivity index (χ1) is 18.3. The number of amides is 1. The van der Waals surface area contributed by atoms with Gasteiger partial charge in [0.05, 0.1) is 33.2 Å². The molecule has 2 heterocycles. The molecule has 1 fully saturated rings. The van der Waals surface area contributed by atoms with Crippen LogP contribution in [0.2, 0.25) is 0 Å². The molecule has 1 N–H and O–H groups in total. The number of ether oxygens (including phenoxy) is 4. The predicted octanol–water partition coefficient (Wildman–Crippen LogP) is 5.33. The van der Waals surface area contributed by atoms with Gasteiger partial charge in [-0.1, -0.05) is 24.3 Å². The van der Waals surface area contributed by atoms with Crippen molar-refractivity contribution in [3.63, 3.8) is 0 Å². The molecule has 2 aliphatic rings. The lowest BCUT2D eigenvalue weighted by Crippen LogP contribution is -2.55. The van der Waals surface area contributed by atoms with Gasteiger partial charge in [0.25, 0.3) is 0 Å². The zero-order valence-electron chi connectivity index (χ0n) is 21.7. The number of hydrogen-bond donors (Lipinski definition) is 1. The van der Waals surface area contributed by atoms with Gasteiger partial charge in [-0.15, -0.1) is 0 Å². The van der Waals surface area contributed by atoms with Gasteiger partial charge in [0.1, 0.15) is 30.0 Å². The van der Waals surface area contributed by atoms with Crippen molar-refractivity contribution in [3.8, 4) is 28.4 Å². The Kier molecular flexibility index (Phi) is 7.13. The fraction of sp³-hybridized carbons (Fsp3) is 0.333. The lowest BCUT2D eigenvalue weighted by molar-refractivity contribution is -0.141. The number of hydrogen-bond acceptors (Lipinski definition) is 6. The molecule has 198 valence electrons. The number of nitrogens with zero attached hydrogens (tertiary/aromatic N) is 1. The monoisotopic (exact) mass is 517 g/mol. The molecule has 3 aromatic carbocycles. The topological polar surface area (TPSA) is 94.5 Å². The molecule has 38 heavy (non-hydrogen) atoms. The maximum atomic E-state index is 11.7. The molecular formula is C30H31NO7. The van der Waals surface area contributed by atoms with Crippen molar-refractivity contribution in [1.82, 2.24) is 4.90 Å². The Bertz CT molecular complexity index is 1340. The van der Waals surface area contributed by atoms with Gasteiger partial charge in [-0.2, -0.15) is 0 Å². The van der Waals surface area contributed by atoms with Crippen LogP contribution in [0.4, 0.5) is 4.79 Å². The van der Waals surface area contributed by atoms with Gasteiger partial charge >= 0.3 is 12.1 Å². The van der Waals surface area contributed by atoms with E-state index >= 15 is 0 Å². The van der Waals surface area contributed by atoms with E-state index < -0.39 is 6.09 Å². The van der Waals surface area contributed by atoms with Crippen molar-refractivity contribution in [1.29, 1.82) is 0 Å². The Balaban J connectivity index is 1.24. The summed E-state index contributed by atoms with van der Waals surface area (Å²) in [5, 5.41) is 9.02. The van der Waals surface area contributed by atoms with Crippen LogP contribution in [0.25, 0.3) is 11.1 Å². The molecule has 0 spiro atoms. The first kappa shape index (κ1) is 25.4. The summed E-state index contributed by atoms with van der Waals surface area (Å²) in [6.45, 7) is 5.75. The number of aryl methyl sites for hydroxylation is 2. The standard InChI is InChI=1S/C30H31NO7/c1-18-9-24(38-25-14-31(15-25)30(33)34)10-19(2)29(18)21-6-4-5-20(11-21)16-36-23-7-8-26-22(12-28(32)35-3)17-37-27(26)13-23/h4-11,13,22,25H,12,14-17H2,1-3H3,(H,33,34). The van der Waals surface area contributed by atoms with Crippen LogP contribution in [-0.2, 0) is 16.1 Å².